The molecule has 1 aliphatic rings. The van der Waals surface area contributed by atoms with Crippen molar-refractivity contribution in [2.45, 2.75) is 25.8 Å². The maximum Gasteiger partial charge on any atom is 0.306 e. The van der Waals surface area contributed by atoms with E-state index in [-0.39, 0.29) is 12.0 Å². The molecule has 0 aliphatic carbocycles. The minimum absolute atomic E-state index is 0.0269. The van der Waals surface area contributed by atoms with E-state index in [2.05, 4.69) is 33.1 Å². The van der Waals surface area contributed by atoms with Crippen LogP contribution in [-0.4, -0.2) is 39.0 Å². The number of piperidine rings is 1. The molecule has 1 N–H and O–H groups in total. The van der Waals surface area contributed by atoms with Crippen molar-refractivity contribution in [3.8, 4) is 0 Å². The summed E-state index contributed by atoms with van der Waals surface area (Å²) in [5.41, 5.74) is 3.21. The second kappa shape index (κ2) is 6.87. The van der Waals surface area contributed by atoms with Crippen LogP contribution in [0.15, 0.2) is 42.9 Å². The molecule has 3 heterocycles. The van der Waals surface area contributed by atoms with E-state index >= 15 is 0 Å². The lowest BCUT2D eigenvalue weighted by Crippen LogP contribution is -2.39. The number of aryl methyl sites for hydroxylation is 1. The number of hydrogen-bond donors (Lipinski definition) is 1. The van der Waals surface area contributed by atoms with Gasteiger partial charge in [0.05, 0.1) is 17.7 Å². The molecule has 0 aromatic carbocycles. The number of likely N-dealkylation sites (tertiary alicyclic amines) is 1. The standard InChI is InChI=1S/C18H21N3O2/c1-13-4-5-16(20-11-13)17(15-3-2-8-19-12-15)21-9-6-14(7-10-21)18(22)23/h2-5,8,11-12,14,17H,6-7,9-10H2,1H3,(H,22,23). The van der Waals surface area contributed by atoms with Gasteiger partial charge in [0, 0.05) is 18.6 Å². The number of carbonyl (C=O) groups is 1. The highest BCUT2D eigenvalue weighted by atomic mass is 16.4. The molecule has 3 rings (SSSR count). The lowest BCUT2D eigenvalue weighted by Gasteiger charge is -2.36. The molecular weight excluding hydrogens is 290 g/mol. The first-order valence-corrected chi connectivity index (χ1v) is 7.94. The smallest absolute Gasteiger partial charge is 0.306 e. The normalized spacial score (nSPS) is 17.8. The Balaban J connectivity index is 1.87. The van der Waals surface area contributed by atoms with Gasteiger partial charge >= 0.3 is 5.97 Å². The molecule has 1 unspecified atom stereocenters. The number of pyridine rings is 2. The zero-order valence-corrected chi connectivity index (χ0v) is 13.2. The van der Waals surface area contributed by atoms with Gasteiger partial charge in [-0.1, -0.05) is 12.1 Å². The van der Waals surface area contributed by atoms with Gasteiger partial charge in [0.15, 0.2) is 0 Å². The van der Waals surface area contributed by atoms with E-state index in [1.807, 2.05) is 25.4 Å². The predicted octanol–water partition coefficient (Wildman–Crippen LogP) is 2.67. The molecule has 23 heavy (non-hydrogen) atoms. The lowest BCUT2D eigenvalue weighted by atomic mass is 9.93. The van der Waals surface area contributed by atoms with Crippen molar-refractivity contribution < 1.29 is 9.90 Å². The maximum absolute atomic E-state index is 11.2. The second-order valence-electron chi connectivity index (χ2n) is 6.10. The number of hydrogen-bond acceptors (Lipinski definition) is 4. The SMILES string of the molecule is Cc1ccc(C(c2cccnc2)N2CCC(C(=O)O)CC2)nc1. The molecule has 1 atom stereocenters. The van der Waals surface area contributed by atoms with Crippen LogP contribution in [-0.2, 0) is 4.79 Å². The molecule has 2 aromatic rings. The maximum atomic E-state index is 11.2. The summed E-state index contributed by atoms with van der Waals surface area (Å²) in [5, 5.41) is 9.19. The quantitative estimate of drug-likeness (QED) is 0.940. The molecular formula is C18H21N3O2. The third kappa shape index (κ3) is 3.56. The van der Waals surface area contributed by atoms with Crippen molar-refractivity contribution in [3.63, 3.8) is 0 Å². The average Bonchev–Trinajstić information content (AvgIpc) is 2.58. The summed E-state index contributed by atoms with van der Waals surface area (Å²) >= 11 is 0. The average molecular weight is 311 g/mol. The van der Waals surface area contributed by atoms with Gasteiger partial charge in [-0.3, -0.25) is 19.7 Å². The number of rotatable bonds is 4. The van der Waals surface area contributed by atoms with Gasteiger partial charge in [-0.05, 0) is 56.1 Å². The van der Waals surface area contributed by atoms with E-state index in [1.165, 1.54) is 0 Å². The molecule has 0 bridgehead atoms. The van der Waals surface area contributed by atoms with Crippen LogP contribution < -0.4 is 0 Å². The summed E-state index contributed by atoms with van der Waals surface area (Å²) in [4.78, 5) is 22.3. The summed E-state index contributed by atoms with van der Waals surface area (Å²) < 4.78 is 0. The minimum atomic E-state index is -0.684. The van der Waals surface area contributed by atoms with E-state index in [1.54, 1.807) is 6.20 Å². The van der Waals surface area contributed by atoms with Crippen LogP contribution in [0.3, 0.4) is 0 Å². The zero-order valence-electron chi connectivity index (χ0n) is 13.2. The van der Waals surface area contributed by atoms with E-state index in [0.29, 0.717) is 12.8 Å². The van der Waals surface area contributed by atoms with Crippen LogP contribution in [0, 0.1) is 12.8 Å². The van der Waals surface area contributed by atoms with Gasteiger partial charge in [-0.2, -0.15) is 0 Å². The Morgan fingerprint density at radius 3 is 2.61 bits per heavy atom. The summed E-state index contributed by atoms with van der Waals surface area (Å²) in [5.74, 6) is -0.914. The number of aliphatic carboxylic acids is 1. The van der Waals surface area contributed by atoms with Gasteiger partial charge in [0.2, 0.25) is 0 Å². The number of nitrogens with zero attached hydrogens (tertiary/aromatic N) is 3. The highest BCUT2D eigenvalue weighted by Gasteiger charge is 2.30. The topological polar surface area (TPSA) is 66.3 Å². The molecule has 0 radical (unpaired) electrons. The van der Waals surface area contributed by atoms with Crippen molar-refractivity contribution >= 4 is 5.97 Å². The van der Waals surface area contributed by atoms with E-state index < -0.39 is 5.97 Å². The summed E-state index contributed by atoms with van der Waals surface area (Å²) in [7, 11) is 0. The molecule has 0 amide bonds. The molecule has 1 saturated heterocycles. The Morgan fingerprint density at radius 2 is 2.04 bits per heavy atom. The molecule has 120 valence electrons. The van der Waals surface area contributed by atoms with E-state index in [4.69, 9.17) is 0 Å². The first kappa shape index (κ1) is 15.6. The van der Waals surface area contributed by atoms with E-state index in [0.717, 1.165) is 29.9 Å². The van der Waals surface area contributed by atoms with Crippen LogP contribution in [0.2, 0.25) is 0 Å². The Labute approximate surface area is 136 Å². The fraction of sp³-hybridized carbons (Fsp3) is 0.389. The van der Waals surface area contributed by atoms with Crippen LogP contribution in [0.4, 0.5) is 0 Å². The van der Waals surface area contributed by atoms with Crippen LogP contribution in [0.5, 0.6) is 0 Å². The lowest BCUT2D eigenvalue weighted by molar-refractivity contribution is -0.143. The van der Waals surface area contributed by atoms with Gasteiger partial charge in [0.1, 0.15) is 0 Å². The summed E-state index contributed by atoms with van der Waals surface area (Å²) in [6, 6.07) is 8.13. The van der Waals surface area contributed by atoms with Crippen LogP contribution in [0.1, 0.15) is 35.7 Å². The fourth-order valence-electron chi connectivity index (χ4n) is 3.15. The Bertz CT molecular complexity index is 650. The highest BCUT2D eigenvalue weighted by Crippen LogP contribution is 2.31. The van der Waals surface area contributed by atoms with Gasteiger partial charge in [-0.15, -0.1) is 0 Å². The van der Waals surface area contributed by atoms with Crippen molar-refractivity contribution in [1.82, 2.24) is 14.9 Å². The molecule has 1 aliphatic heterocycles. The predicted molar refractivity (Wildman–Crippen MR) is 87.0 cm³/mol. The largest absolute Gasteiger partial charge is 0.481 e. The monoisotopic (exact) mass is 311 g/mol. The second-order valence-corrected chi connectivity index (χ2v) is 6.10. The molecule has 5 heteroatoms. The number of carboxylic acids is 1. The molecule has 0 spiro atoms. The third-order valence-corrected chi connectivity index (χ3v) is 4.46. The summed E-state index contributed by atoms with van der Waals surface area (Å²) in [6.45, 7) is 3.53. The van der Waals surface area contributed by atoms with E-state index in [9.17, 15) is 9.90 Å². The highest BCUT2D eigenvalue weighted by molar-refractivity contribution is 5.70. The van der Waals surface area contributed by atoms with Gasteiger partial charge in [-0.25, -0.2) is 0 Å². The van der Waals surface area contributed by atoms with Gasteiger partial charge in [0.25, 0.3) is 0 Å². The van der Waals surface area contributed by atoms with Crippen LogP contribution >= 0.6 is 0 Å². The third-order valence-electron chi connectivity index (χ3n) is 4.46. The molecule has 1 fully saturated rings. The van der Waals surface area contributed by atoms with Crippen molar-refractivity contribution in [3.05, 3.63) is 59.7 Å². The number of aromatic nitrogens is 2. The molecule has 2 aromatic heterocycles. The molecule has 5 nitrogen and oxygen atoms in total. The Kier molecular flexibility index (Phi) is 4.67. The van der Waals surface area contributed by atoms with Crippen molar-refractivity contribution in [1.29, 1.82) is 0 Å². The Morgan fingerprint density at radius 1 is 1.26 bits per heavy atom. The first-order chi connectivity index (χ1) is 11.1. The first-order valence-electron chi connectivity index (χ1n) is 7.94. The Hall–Kier alpha value is -2.27. The van der Waals surface area contributed by atoms with Crippen LogP contribution in [0.25, 0.3) is 0 Å². The van der Waals surface area contributed by atoms with Crippen molar-refractivity contribution in [2.75, 3.05) is 13.1 Å². The minimum Gasteiger partial charge on any atom is -0.481 e. The van der Waals surface area contributed by atoms with Gasteiger partial charge < -0.3 is 5.11 Å². The fourth-order valence-corrected chi connectivity index (χ4v) is 3.15. The summed E-state index contributed by atoms with van der Waals surface area (Å²) in [6.07, 6.45) is 6.87. The molecule has 0 saturated carbocycles. The zero-order chi connectivity index (χ0) is 16.2. The van der Waals surface area contributed by atoms with Crippen molar-refractivity contribution in [2.24, 2.45) is 5.92 Å². The number of carboxylic acid groups (broad SMARTS) is 1.